The van der Waals surface area contributed by atoms with Gasteiger partial charge in [-0.3, -0.25) is 20.2 Å². The number of benzene rings is 3. The number of carbonyl (C=O) groups excluding carboxylic acids is 1. The molecule has 0 unspecified atom stereocenters. The van der Waals surface area contributed by atoms with Crippen LogP contribution in [0, 0.1) is 17.0 Å². The molecule has 10 heteroatoms. The molecule has 0 saturated carbocycles. The standard InChI is InChI=1S/C24H20N4O5S/c1-3-14-5-9-21-18(10-14)26-23(33-21)17-12-16(7-8-20(17)29)25-24(34)27-22(30)15-6-4-13(2)19(11-15)28(31)32/h4-12,29H,3H2,1-2H3,(H2,25,27,30,34). The number of nitrogens with one attached hydrogen (secondary N) is 2. The van der Waals surface area contributed by atoms with E-state index in [1.807, 2.05) is 25.1 Å². The average molecular weight is 477 g/mol. The third-order valence-electron chi connectivity index (χ3n) is 5.24. The summed E-state index contributed by atoms with van der Waals surface area (Å²) in [4.78, 5) is 27.6. The molecule has 0 spiro atoms. The van der Waals surface area contributed by atoms with Gasteiger partial charge < -0.3 is 14.8 Å². The molecular formula is C24H20N4O5S. The van der Waals surface area contributed by atoms with Crippen LogP contribution in [0.2, 0.25) is 0 Å². The fourth-order valence-electron chi connectivity index (χ4n) is 3.38. The van der Waals surface area contributed by atoms with Gasteiger partial charge in [0.15, 0.2) is 10.7 Å². The van der Waals surface area contributed by atoms with E-state index in [2.05, 4.69) is 15.6 Å². The van der Waals surface area contributed by atoms with Crippen molar-refractivity contribution in [2.24, 2.45) is 0 Å². The first-order valence-corrected chi connectivity index (χ1v) is 10.8. The Balaban J connectivity index is 1.52. The van der Waals surface area contributed by atoms with Gasteiger partial charge in [0.05, 0.1) is 10.5 Å². The molecule has 0 aliphatic rings. The second-order valence-electron chi connectivity index (χ2n) is 7.57. The van der Waals surface area contributed by atoms with Gasteiger partial charge in [-0.25, -0.2) is 4.98 Å². The summed E-state index contributed by atoms with van der Waals surface area (Å²) >= 11 is 5.22. The zero-order valence-corrected chi connectivity index (χ0v) is 19.1. The predicted molar refractivity (Wildman–Crippen MR) is 132 cm³/mol. The van der Waals surface area contributed by atoms with Crippen LogP contribution in [0.15, 0.2) is 59.0 Å². The Morgan fingerprint density at radius 1 is 1.18 bits per heavy atom. The minimum absolute atomic E-state index is 0.0185. The summed E-state index contributed by atoms with van der Waals surface area (Å²) in [7, 11) is 0. The summed E-state index contributed by atoms with van der Waals surface area (Å²) in [5, 5.41) is 26.8. The van der Waals surface area contributed by atoms with Crippen molar-refractivity contribution in [1.29, 1.82) is 0 Å². The zero-order chi connectivity index (χ0) is 24.4. The van der Waals surface area contributed by atoms with Crippen LogP contribution < -0.4 is 10.6 Å². The van der Waals surface area contributed by atoms with E-state index in [9.17, 15) is 20.0 Å². The summed E-state index contributed by atoms with van der Waals surface area (Å²) < 4.78 is 5.80. The zero-order valence-electron chi connectivity index (χ0n) is 18.3. The number of carbonyl (C=O) groups is 1. The van der Waals surface area contributed by atoms with E-state index in [0.717, 1.165) is 12.0 Å². The summed E-state index contributed by atoms with van der Waals surface area (Å²) in [6, 6.07) is 14.5. The number of phenolic OH excluding ortho intramolecular Hbond substituents is 1. The van der Waals surface area contributed by atoms with Gasteiger partial charge in [0.1, 0.15) is 11.3 Å². The van der Waals surface area contributed by atoms with Crippen molar-refractivity contribution in [2.75, 3.05) is 5.32 Å². The molecule has 172 valence electrons. The fourth-order valence-corrected chi connectivity index (χ4v) is 3.59. The van der Waals surface area contributed by atoms with Crippen molar-refractivity contribution in [3.8, 4) is 17.2 Å². The maximum Gasteiger partial charge on any atom is 0.273 e. The van der Waals surface area contributed by atoms with E-state index in [1.54, 1.807) is 19.1 Å². The minimum Gasteiger partial charge on any atom is -0.507 e. The van der Waals surface area contributed by atoms with Crippen LogP contribution in [-0.2, 0) is 6.42 Å². The van der Waals surface area contributed by atoms with Crippen molar-refractivity contribution >= 4 is 45.7 Å². The number of hydrogen-bond acceptors (Lipinski definition) is 7. The highest BCUT2D eigenvalue weighted by Gasteiger charge is 2.17. The third-order valence-corrected chi connectivity index (χ3v) is 5.44. The van der Waals surface area contributed by atoms with E-state index < -0.39 is 10.8 Å². The summed E-state index contributed by atoms with van der Waals surface area (Å²) in [6.07, 6.45) is 0.863. The Bertz CT molecular complexity index is 1450. The predicted octanol–water partition coefficient (Wildman–Crippen LogP) is 5.11. The van der Waals surface area contributed by atoms with Gasteiger partial charge in [-0.05, 0) is 67.5 Å². The number of aromatic hydroxyl groups is 1. The molecule has 3 aromatic carbocycles. The first kappa shape index (κ1) is 22.9. The third kappa shape index (κ3) is 4.71. The second-order valence-corrected chi connectivity index (χ2v) is 7.98. The fraction of sp³-hybridized carbons (Fsp3) is 0.125. The molecule has 1 aromatic heterocycles. The number of aromatic nitrogens is 1. The maximum absolute atomic E-state index is 12.5. The second kappa shape index (κ2) is 9.28. The Morgan fingerprint density at radius 2 is 1.97 bits per heavy atom. The lowest BCUT2D eigenvalue weighted by molar-refractivity contribution is -0.385. The number of anilines is 1. The maximum atomic E-state index is 12.5. The quantitative estimate of drug-likeness (QED) is 0.157. The molecule has 0 bridgehead atoms. The highest BCUT2D eigenvalue weighted by molar-refractivity contribution is 7.80. The van der Waals surface area contributed by atoms with Crippen LogP contribution in [0.5, 0.6) is 5.75 Å². The molecular weight excluding hydrogens is 456 g/mol. The number of nitrogens with zero attached hydrogens (tertiary/aromatic N) is 2. The van der Waals surface area contributed by atoms with Crippen LogP contribution in [0.25, 0.3) is 22.6 Å². The summed E-state index contributed by atoms with van der Waals surface area (Å²) in [6.45, 7) is 3.64. The van der Waals surface area contributed by atoms with Crippen LogP contribution in [0.1, 0.15) is 28.4 Å². The van der Waals surface area contributed by atoms with Crippen LogP contribution in [0.3, 0.4) is 0 Å². The Hall–Kier alpha value is -4.31. The number of thiocarbonyl (C=S) groups is 1. The van der Waals surface area contributed by atoms with E-state index in [4.69, 9.17) is 16.6 Å². The Labute approximate surface area is 199 Å². The molecule has 34 heavy (non-hydrogen) atoms. The van der Waals surface area contributed by atoms with Crippen LogP contribution in [0.4, 0.5) is 11.4 Å². The molecule has 4 aromatic rings. The van der Waals surface area contributed by atoms with Crippen molar-refractivity contribution < 1.29 is 19.2 Å². The van der Waals surface area contributed by atoms with Crippen molar-refractivity contribution in [2.45, 2.75) is 20.3 Å². The topological polar surface area (TPSA) is 131 Å². The minimum atomic E-state index is -0.592. The normalized spacial score (nSPS) is 10.8. The number of oxazole rings is 1. The number of nitro benzene ring substituents is 1. The molecule has 4 rings (SSSR count). The number of phenols is 1. The number of rotatable bonds is 5. The molecule has 9 nitrogen and oxygen atoms in total. The molecule has 1 heterocycles. The molecule has 0 aliphatic carbocycles. The van der Waals surface area contributed by atoms with Gasteiger partial charge in [0, 0.05) is 22.9 Å². The van der Waals surface area contributed by atoms with Crippen LogP contribution in [-0.4, -0.2) is 26.0 Å². The molecule has 1 amide bonds. The molecule has 0 fully saturated rings. The van der Waals surface area contributed by atoms with Crippen molar-refractivity contribution in [1.82, 2.24) is 10.3 Å². The molecule has 0 saturated heterocycles. The monoisotopic (exact) mass is 476 g/mol. The van der Waals surface area contributed by atoms with Crippen LogP contribution >= 0.6 is 12.2 Å². The number of aryl methyl sites for hydroxylation is 2. The van der Waals surface area contributed by atoms with E-state index in [-0.39, 0.29) is 28.0 Å². The smallest absolute Gasteiger partial charge is 0.273 e. The summed E-state index contributed by atoms with van der Waals surface area (Å²) in [5.74, 6) is -0.383. The van der Waals surface area contributed by atoms with Crippen molar-refractivity contribution in [3.63, 3.8) is 0 Å². The summed E-state index contributed by atoms with van der Waals surface area (Å²) in [5.41, 5.74) is 3.62. The van der Waals surface area contributed by atoms with E-state index in [1.165, 1.54) is 24.3 Å². The van der Waals surface area contributed by atoms with Gasteiger partial charge in [-0.1, -0.05) is 19.1 Å². The van der Waals surface area contributed by atoms with Crippen molar-refractivity contribution in [3.05, 3.63) is 81.4 Å². The SMILES string of the molecule is CCc1ccc2oc(-c3cc(NC(=S)NC(=O)c4ccc(C)c([N+](=O)[O-])c4)ccc3O)nc2c1. The average Bonchev–Trinajstić information content (AvgIpc) is 3.23. The van der Waals surface area contributed by atoms with Gasteiger partial charge in [0.25, 0.3) is 11.6 Å². The molecule has 0 radical (unpaired) electrons. The van der Waals surface area contributed by atoms with Gasteiger partial charge >= 0.3 is 0 Å². The number of nitro groups is 1. The van der Waals surface area contributed by atoms with Gasteiger partial charge in [-0.2, -0.15) is 0 Å². The van der Waals surface area contributed by atoms with E-state index in [0.29, 0.717) is 27.9 Å². The molecule has 0 aliphatic heterocycles. The van der Waals surface area contributed by atoms with Gasteiger partial charge in [-0.15, -0.1) is 0 Å². The Morgan fingerprint density at radius 3 is 2.71 bits per heavy atom. The Kier molecular flexibility index (Phi) is 6.24. The highest BCUT2D eigenvalue weighted by Crippen LogP contribution is 2.33. The molecule has 0 atom stereocenters. The van der Waals surface area contributed by atoms with E-state index >= 15 is 0 Å². The molecule has 3 N–H and O–H groups in total. The lowest BCUT2D eigenvalue weighted by Gasteiger charge is -2.11. The lowest BCUT2D eigenvalue weighted by Crippen LogP contribution is -2.34. The van der Waals surface area contributed by atoms with Gasteiger partial charge in [0.2, 0.25) is 5.89 Å². The first-order valence-electron chi connectivity index (χ1n) is 10.4. The number of fused-ring (bicyclic) bond motifs is 1. The highest BCUT2D eigenvalue weighted by atomic mass is 32.1. The largest absolute Gasteiger partial charge is 0.507 e. The lowest BCUT2D eigenvalue weighted by atomic mass is 10.1. The first-order chi connectivity index (χ1) is 16.2. The number of amides is 1. The number of hydrogen-bond donors (Lipinski definition) is 3.